The Kier molecular flexibility index (Phi) is 3.96. The standard InChI is InChI=1S/C15H24/c1-6-15(5)9-7-8-13(4)11-14(15)10-12(2)3/h6,10-11,14H,1,7-9H2,2-5H3. The molecule has 0 fully saturated rings. The van der Waals surface area contributed by atoms with Gasteiger partial charge in [0.05, 0.1) is 0 Å². The Morgan fingerprint density at radius 3 is 2.73 bits per heavy atom. The molecule has 0 saturated heterocycles. The Hall–Kier alpha value is -0.780. The second-order valence-corrected chi connectivity index (χ2v) is 5.35. The van der Waals surface area contributed by atoms with Gasteiger partial charge in [-0.2, -0.15) is 0 Å². The van der Waals surface area contributed by atoms with E-state index in [1.807, 2.05) is 0 Å². The van der Waals surface area contributed by atoms with Crippen molar-refractivity contribution in [1.82, 2.24) is 0 Å². The largest absolute Gasteiger partial charge is 0.102 e. The van der Waals surface area contributed by atoms with E-state index >= 15 is 0 Å². The summed E-state index contributed by atoms with van der Waals surface area (Å²) in [6.45, 7) is 13.0. The van der Waals surface area contributed by atoms with Gasteiger partial charge in [0.25, 0.3) is 0 Å². The van der Waals surface area contributed by atoms with E-state index in [1.54, 1.807) is 0 Å². The molecule has 0 aromatic heterocycles. The highest BCUT2D eigenvalue weighted by Gasteiger charge is 2.29. The van der Waals surface area contributed by atoms with Crippen molar-refractivity contribution in [1.29, 1.82) is 0 Å². The molecule has 0 aliphatic heterocycles. The number of hydrogen-bond acceptors (Lipinski definition) is 0. The third kappa shape index (κ3) is 3.09. The van der Waals surface area contributed by atoms with Gasteiger partial charge in [-0.15, -0.1) is 6.58 Å². The summed E-state index contributed by atoms with van der Waals surface area (Å²) in [4.78, 5) is 0. The molecule has 2 atom stereocenters. The lowest BCUT2D eigenvalue weighted by atomic mass is 9.74. The summed E-state index contributed by atoms with van der Waals surface area (Å²) in [7, 11) is 0. The molecule has 1 aliphatic carbocycles. The fourth-order valence-corrected chi connectivity index (χ4v) is 2.33. The zero-order valence-electron chi connectivity index (χ0n) is 10.6. The van der Waals surface area contributed by atoms with Gasteiger partial charge in [0.1, 0.15) is 0 Å². The fraction of sp³-hybridized carbons (Fsp3) is 0.600. The van der Waals surface area contributed by atoms with E-state index < -0.39 is 0 Å². The number of hydrogen-bond donors (Lipinski definition) is 0. The molecule has 0 bridgehead atoms. The van der Waals surface area contributed by atoms with Crippen molar-refractivity contribution in [3.8, 4) is 0 Å². The van der Waals surface area contributed by atoms with Gasteiger partial charge in [0.2, 0.25) is 0 Å². The maximum atomic E-state index is 4.02. The number of allylic oxidation sites excluding steroid dienone is 5. The molecule has 0 aromatic rings. The lowest BCUT2D eigenvalue weighted by Crippen LogP contribution is -2.21. The van der Waals surface area contributed by atoms with Crippen LogP contribution in [0.4, 0.5) is 0 Å². The van der Waals surface area contributed by atoms with Crippen molar-refractivity contribution >= 4 is 0 Å². The molecule has 0 heterocycles. The summed E-state index contributed by atoms with van der Waals surface area (Å²) in [6.07, 6.45) is 10.7. The van der Waals surface area contributed by atoms with Gasteiger partial charge in [-0.3, -0.25) is 0 Å². The average Bonchev–Trinajstić information content (AvgIpc) is 2.27. The minimum Gasteiger partial charge on any atom is -0.102 e. The third-order valence-corrected chi connectivity index (χ3v) is 3.49. The summed E-state index contributed by atoms with van der Waals surface area (Å²) in [5.74, 6) is 0.530. The predicted octanol–water partition coefficient (Wildman–Crippen LogP) is 4.89. The van der Waals surface area contributed by atoms with Crippen molar-refractivity contribution in [3.63, 3.8) is 0 Å². The fourth-order valence-electron chi connectivity index (χ4n) is 2.33. The van der Waals surface area contributed by atoms with Crippen molar-refractivity contribution in [2.45, 2.75) is 47.0 Å². The van der Waals surface area contributed by atoms with Crippen LogP contribution in [0, 0.1) is 11.3 Å². The van der Waals surface area contributed by atoms with Crippen LogP contribution in [0.1, 0.15) is 47.0 Å². The van der Waals surface area contributed by atoms with E-state index in [-0.39, 0.29) is 5.41 Å². The zero-order chi connectivity index (χ0) is 11.5. The smallest absolute Gasteiger partial charge is 0.00399 e. The van der Waals surface area contributed by atoms with Crippen LogP contribution in [0.15, 0.2) is 36.0 Å². The summed E-state index contributed by atoms with van der Waals surface area (Å²) < 4.78 is 0. The second kappa shape index (κ2) is 4.83. The van der Waals surface area contributed by atoms with Crippen LogP contribution in [0.3, 0.4) is 0 Å². The lowest BCUT2D eigenvalue weighted by molar-refractivity contribution is 0.329. The maximum absolute atomic E-state index is 4.02. The summed E-state index contributed by atoms with van der Waals surface area (Å²) in [5, 5.41) is 0. The first-order chi connectivity index (χ1) is 6.98. The van der Waals surface area contributed by atoms with E-state index in [2.05, 4.69) is 52.5 Å². The molecular formula is C15H24. The van der Waals surface area contributed by atoms with Crippen LogP contribution in [-0.2, 0) is 0 Å². The van der Waals surface area contributed by atoms with Gasteiger partial charge in [-0.05, 0) is 45.4 Å². The first-order valence-corrected chi connectivity index (χ1v) is 5.94. The second-order valence-electron chi connectivity index (χ2n) is 5.35. The molecule has 1 aliphatic rings. The molecule has 0 saturated carbocycles. The van der Waals surface area contributed by atoms with E-state index in [9.17, 15) is 0 Å². The van der Waals surface area contributed by atoms with Crippen LogP contribution in [-0.4, -0.2) is 0 Å². The van der Waals surface area contributed by atoms with Gasteiger partial charge in [-0.1, -0.05) is 36.3 Å². The van der Waals surface area contributed by atoms with Crippen molar-refractivity contribution in [2.75, 3.05) is 0 Å². The molecule has 0 radical (unpaired) electrons. The van der Waals surface area contributed by atoms with Gasteiger partial charge in [0.15, 0.2) is 0 Å². The quantitative estimate of drug-likeness (QED) is 0.562. The monoisotopic (exact) mass is 204 g/mol. The molecule has 0 N–H and O–H groups in total. The average molecular weight is 204 g/mol. The van der Waals surface area contributed by atoms with Crippen molar-refractivity contribution in [2.24, 2.45) is 11.3 Å². The Bertz CT molecular complexity index is 289. The van der Waals surface area contributed by atoms with Gasteiger partial charge < -0.3 is 0 Å². The first kappa shape index (κ1) is 12.3. The Morgan fingerprint density at radius 2 is 2.20 bits per heavy atom. The first-order valence-electron chi connectivity index (χ1n) is 5.94. The minimum atomic E-state index is 0.245. The molecule has 0 amide bonds. The van der Waals surface area contributed by atoms with Crippen LogP contribution >= 0.6 is 0 Å². The topological polar surface area (TPSA) is 0 Å². The third-order valence-electron chi connectivity index (χ3n) is 3.49. The van der Waals surface area contributed by atoms with Crippen LogP contribution in [0.2, 0.25) is 0 Å². The van der Waals surface area contributed by atoms with Gasteiger partial charge in [0, 0.05) is 5.92 Å². The van der Waals surface area contributed by atoms with Crippen molar-refractivity contribution in [3.05, 3.63) is 36.0 Å². The van der Waals surface area contributed by atoms with Crippen LogP contribution in [0.5, 0.6) is 0 Å². The molecular weight excluding hydrogens is 180 g/mol. The van der Waals surface area contributed by atoms with Gasteiger partial charge in [-0.25, -0.2) is 0 Å². The molecule has 84 valence electrons. The Balaban J connectivity index is 3.05. The molecule has 15 heavy (non-hydrogen) atoms. The molecule has 0 nitrogen and oxygen atoms in total. The lowest BCUT2D eigenvalue weighted by Gasteiger charge is -2.30. The Morgan fingerprint density at radius 1 is 1.53 bits per heavy atom. The Labute approximate surface area is 94.8 Å². The summed E-state index contributed by atoms with van der Waals surface area (Å²) in [6, 6.07) is 0. The van der Waals surface area contributed by atoms with Gasteiger partial charge >= 0.3 is 0 Å². The highest BCUT2D eigenvalue weighted by atomic mass is 14.3. The predicted molar refractivity (Wildman–Crippen MR) is 68.8 cm³/mol. The summed E-state index contributed by atoms with van der Waals surface area (Å²) in [5.41, 5.74) is 3.18. The molecule has 0 spiro atoms. The molecule has 0 heteroatoms. The minimum absolute atomic E-state index is 0.245. The normalized spacial score (nSPS) is 31.5. The molecule has 0 aromatic carbocycles. The summed E-state index contributed by atoms with van der Waals surface area (Å²) >= 11 is 0. The molecule has 2 unspecified atom stereocenters. The van der Waals surface area contributed by atoms with Crippen LogP contribution in [0.25, 0.3) is 0 Å². The highest BCUT2D eigenvalue weighted by Crippen LogP contribution is 2.40. The van der Waals surface area contributed by atoms with E-state index in [0.29, 0.717) is 5.92 Å². The number of rotatable bonds is 2. The van der Waals surface area contributed by atoms with Crippen molar-refractivity contribution < 1.29 is 0 Å². The van der Waals surface area contributed by atoms with E-state index in [0.717, 1.165) is 0 Å². The zero-order valence-corrected chi connectivity index (χ0v) is 10.6. The highest BCUT2D eigenvalue weighted by molar-refractivity contribution is 5.19. The molecule has 1 rings (SSSR count). The SMILES string of the molecule is C=CC1(C)CCCC(C)=CC1C=C(C)C. The maximum Gasteiger partial charge on any atom is 0.00399 e. The van der Waals surface area contributed by atoms with E-state index in [4.69, 9.17) is 0 Å². The van der Waals surface area contributed by atoms with Crippen LogP contribution < -0.4 is 0 Å². The van der Waals surface area contributed by atoms with E-state index in [1.165, 1.54) is 30.4 Å².